The van der Waals surface area contributed by atoms with Gasteiger partial charge in [0.1, 0.15) is 17.5 Å². The van der Waals surface area contributed by atoms with Crippen molar-refractivity contribution in [3.8, 4) is 5.75 Å². The molecule has 0 saturated heterocycles. The standard InChI is InChI=1S/C19H22ClNO3/c1-3-22-19(23-4-2)16-9-7-15(8-10-16)6-5-13-24-17-11-12-18(20)21-14-17/h5-12,14,19H,3-4,13H2,1-2H3. The van der Waals surface area contributed by atoms with Crippen LogP contribution in [0.5, 0.6) is 5.75 Å². The first-order chi connectivity index (χ1) is 11.7. The molecule has 1 aromatic carbocycles. The minimum atomic E-state index is -0.307. The smallest absolute Gasteiger partial charge is 0.183 e. The SMILES string of the molecule is CCOC(OCC)c1ccc(C=CCOc2ccc(Cl)nc2)cc1. The van der Waals surface area contributed by atoms with Gasteiger partial charge in [-0.2, -0.15) is 0 Å². The summed E-state index contributed by atoms with van der Waals surface area (Å²) in [7, 11) is 0. The molecule has 24 heavy (non-hydrogen) atoms. The number of halogens is 1. The maximum atomic E-state index is 5.73. The molecule has 0 aliphatic carbocycles. The molecule has 2 rings (SSSR count). The fourth-order valence-electron chi connectivity index (χ4n) is 2.08. The number of pyridine rings is 1. The second kappa shape index (κ2) is 10.1. The van der Waals surface area contributed by atoms with Crippen LogP contribution in [0, 0.1) is 0 Å². The van der Waals surface area contributed by atoms with Gasteiger partial charge in [-0.3, -0.25) is 0 Å². The Morgan fingerprint density at radius 3 is 2.33 bits per heavy atom. The molecule has 0 N–H and O–H groups in total. The van der Waals surface area contributed by atoms with Crippen molar-refractivity contribution in [1.82, 2.24) is 4.98 Å². The highest BCUT2D eigenvalue weighted by Crippen LogP contribution is 2.20. The first-order valence-corrected chi connectivity index (χ1v) is 8.34. The van der Waals surface area contributed by atoms with Crippen LogP contribution in [0.2, 0.25) is 5.15 Å². The number of hydrogen-bond donors (Lipinski definition) is 0. The summed E-state index contributed by atoms with van der Waals surface area (Å²) >= 11 is 5.73. The van der Waals surface area contributed by atoms with Gasteiger partial charge < -0.3 is 14.2 Å². The Morgan fingerprint density at radius 1 is 1.04 bits per heavy atom. The van der Waals surface area contributed by atoms with Crippen LogP contribution >= 0.6 is 11.6 Å². The van der Waals surface area contributed by atoms with Gasteiger partial charge in [-0.25, -0.2) is 4.98 Å². The zero-order chi connectivity index (χ0) is 17.2. The van der Waals surface area contributed by atoms with Crippen LogP contribution in [0.1, 0.15) is 31.3 Å². The molecular weight excluding hydrogens is 326 g/mol. The summed E-state index contributed by atoms with van der Waals surface area (Å²) in [5, 5.41) is 0.454. The summed E-state index contributed by atoms with van der Waals surface area (Å²) in [5.41, 5.74) is 2.10. The normalized spacial score (nSPS) is 11.3. The van der Waals surface area contributed by atoms with Crippen LogP contribution in [0.25, 0.3) is 6.08 Å². The van der Waals surface area contributed by atoms with Crippen molar-refractivity contribution in [2.75, 3.05) is 19.8 Å². The van der Waals surface area contributed by atoms with E-state index in [2.05, 4.69) is 4.98 Å². The highest BCUT2D eigenvalue weighted by molar-refractivity contribution is 6.29. The lowest BCUT2D eigenvalue weighted by molar-refractivity contribution is -0.140. The summed E-state index contributed by atoms with van der Waals surface area (Å²) in [6.07, 6.45) is 5.25. The van der Waals surface area contributed by atoms with Gasteiger partial charge >= 0.3 is 0 Å². The van der Waals surface area contributed by atoms with Crippen LogP contribution in [-0.4, -0.2) is 24.8 Å². The summed E-state index contributed by atoms with van der Waals surface area (Å²) in [5.74, 6) is 0.690. The van der Waals surface area contributed by atoms with E-state index in [1.165, 1.54) is 0 Å². The quantitative estimate of drug-likeness (QED) is 0.478. The monoisotopic (exact) mass is 347 g/mol. The first kappa shape index (κ1) is 18.5. The third-order valence-corrected chi connectivity index (χ3v) is 3.43. The fraction of sp³-hybridized carbons (Fsp3) is 0.316. The topological polar surface area (TPSA) is 40.6 Å². The molecule has 0 bridgehead atoms. The Hall–Kier alpha value is -1.88. The van der Waals surface area contributed by atoms with Gasteiger partial charge in [0, 0.05) is 18.8 Å². The molecule has 0 aliphatic rings. The summed E-state index contributed by atoms with van der Waals surface area (Å²) in [4.78, 5) is 3.96. The Kier molecular flexibility index (Phi) is 7.75. The molecule has 0 amide bonds. The second-order valence-electron chi connectivity index (χ2n) is 4.94. The predicted octanol–water partition coefficient (Wildman–Crippen LogP) is 4.90. The van der Waals surface area contributed by atoms with Crippen molar-refractivity contribution < 1.29 is 14.2 Å². The minimum absolute atomic E-state index is 0.307. The number of nitrogens with zero attached hydrogens (tertiary/aromatic N) is 1. The van der Waals surface area contributed by atoms with Gasteiger partial charge in [-0.05, 0) is 37.6 Å². The fourth-order valence-corrected chi connectivity index (χ4v) is 2.20. The van der Waals surface area contributed by atoms with Crippen LogP contribution in [0.4, 0.5) is 0 Å². The molecule has 1 heterocycles. The van der Waals surface area contributed by atoms with Gasteiger partial charge in [-0.1, -0.05) is 41.9 Å². The van der Waals surface area contributed by atoms with Crippen LogP contribution in [0.3, 0.4) is 0 Å². The minimum Gasteiger partial charge on any atom is -0.488 e. The molecule has 0 aliphatic heterocycles. The van der Waals surface area contributed by atoms with Gasteiger partial charge in [0.05, 0.1) is 6.20 Å². The summed E-state index contributed by atoms with van der Waals surface area (Å²) in [6, 6.07) is 11.6. The zero-order valence-electron chi connectivity index (χ0n) is 13.9. The molecule has 0 unspecified atom stereocenters. The van der Waals surface area contributed by atoms with Gasteiger partial charge in [0.15, 0.2) is 6.29 Å². The third kappa shape index (κ3) is 5.96. The van der Waals surface area contributed by atoms with E-state index in [1.54, 1.807) is 18.3 Å². The van der Waals surface area contributed by atoms with E-state index in [9.17, 15) is 0 Å². The molecule has 0 atom stereocenters. The molecular formula is C19H22ClNO3. The van der Waals surface area contributed by atoms with E-state index in [0.717, 1.165) is 11.1 Å². The Bertz CT molecular complexity index is 620. The van der Waals surface area contributed by atoms with E-state index < -0.39 is 0 Å². The number of ether oxygens (including phenoxy) is 3. The van der Waals surface area contributed by atoms with Gasteiger partial charge in [-0.15, -0.1) is 0 Å². The predicted molar refractivity (Wildman–Crippen MR) is 96.2 cm³/mol. The Balaban J connectivity index is 1.87. The first-order valence-electron chi connectivity index (χ1n) is 7.97. The lowest BCUT2D eigenvalue weighted by Crippen LogP contribution is -2.08. The maximum Gasteiger partial charge on any atom is 0.183 e. The summed E-state index contributed by atoms with van der Waals surface area (Å²) in [6.45, 7) is 5.61. The average Bonchev–Trinajstić information content (AvgIpc) is 2.61. The lowest BCUT2D eigenvalue weighted by Gasteiger charge is -2.17. The second-order valence-corrected chi connectivity index (χ2v) is 5.33. The number of benzene rings is 1. The molecule has 1 aromatic heterocycles. The van der Waals surface area contributed by atoms with Crippen molar-refractivity contribution in [1.29, 1.82) is 0 Å². The number of hydrogen-bond acceptors (Lipinski definition) is 4. The molecule has 5 heteroatoms. The van der Waals surface area contributed by atoms with Gasteiger partial charge in [0.25, 0.3) is 0 Å². The highest BCUT2D eigenvalue weighted by Gasteiger charge is 2.10. The van der Waals surface area contributed by atoms with Crippen LogP contribution < -0.4 is 4.74 Å². The van der Waals surface area contributed by atoms with E-state index in [1.807, 2.05) is 50.3 Å². The molecule has 0 saturated carbocycles. The maximum absolute atomic E-state index is 5.73. The zero-order valence-corrected chi connectivity index (χ0v) is 14.7. The van der Waals surface area contributed by atoms with E-state index in [4.69, 9.17) is 25.8 Å². The summed E-state index contributed by atoms with van der Waals surface area (Å²) < 4.78 is 16.7. The van der Waals surface area contributed by atoms with Gasteiger partial charge in [0.2, 0.25) is 0 Å². The molecule has 2 aromatic rings. The number of rotatable bonds is 9. The average molecular weight is 348 g/mol. The van der Waals surface area contributed by atoms with E-state index in [-0.39, 0.29) is 6.29 Å². The third-order valence-electron chi connectivity index (χ3n) is 3.20. The molecule has 4 nitrogen and oxygen atoms in total. The van der Waals surface area contributed by atoms with Crippen LogP contribution in [-0.2, 0) is 9.47 Å². The Morgan fingerprint density at radius 2 is 1.75 bits per heavy atom. The van der Waals surface area contributed by atoms with Crippen molar-refractivity contribution in [3.05, 3.63) is 65.0 Å². The van der Waals surface area contributed by atoms with Crippen LogP contribution in [0.15, 0.2) is 48.7 Å². The number of aromatic nitrogens is 1. The van der Waals surface area contributed by atoms with Crippen molar-refractivity contribution in [3.63, 3.8) is 0 Å². The largest absolute Gasteiger partial charge is 0.488 e. The van der Waals surface area contributed by atoms with Crippen molar-refractivity contribution in [2.45, 2.75) is 20.1 Å². The van der Waals surface area contributed by atoms with E-state index >= 15 is 0 Å². The Labute approximate surface area is 148 Å². The molecule has 0 spiro atoms. The highest BCUT2D eigenvalue weighted by atomic mass is 35.5. The molecule has 0 radical (unpaired) electrons. The van der Waals surface area contributed by atoms with E-state index in [0.29, 0.717) is 30.7 Å². The van der Waals surface area contributed by atoms with Crippen molar-refractivity contribution in [2.24, 2.45) is 0 Å². The molecule has 0 fully saturated rings. The lowest BCUT2D eigenvalue weighted by atomic mass is 10.1. The van der Waals surface area contributed by atoms with Crippen molar-refractivity contribution >= 4 is 17.7 Å². The molecule has 128 valence electrons.